The number of hydrogen-bond donors (Lipinski definition) is 0. The molecule has 6 heteroatoms. The quantitative estimate of drug-likeness (QED) is 0.860. The zero-order valence-corrected chi connectivity index (χ0v) is 13.1. The van der Waals surface area contributed by atoms with Gasteiger partial charge in [0.1, 0.15) is 5.76 Å². The lowest BCUT2D eigenvalue weighted by atomic mass is 9.87. The molecule has 0 aromatic carbocycles. The van der Waals surface area contributed by atoms with Crippen LogP contribution >= 0.6 is 0 Å². The SMILES string of the molecule is CN(C)C(=O)C1(n2cccn2)CCCN(Cc2ccco2)C1. The van der Waals surface area contributed by atoms with Gasteiger partial charge in [-0.2, -0.15) is 5.10 Å². The Morgan fingerprint density at radius 1 is 1.45 bits per heavy atom. The summed E-state index contributed by atoms with van der Waals surface area (Å²) in [5.74, 6) is 1.02. The lowest BCUT2D eigenvalue weighted by Crippen LogP contribution is -2.58. The van der Waals surface area contributed by atoms with Crippen LogP contribution in [0, 0.1) is 0 Å². The van der Waals surface area contributed by atoms with Gasteiger partial charge in [0, 0.05) is 33.0 Å². The van der Waals surface area contributed by atoms with Gasteiger partial charge >= 0.3 is 0 Å². The molecular formula is C16H22N4O2. The maximum absolute atomic E-state index is 12.9. The highest BCUT2D eigenvalue weighted by Gasteiger charge is 2.45. The minimum atomic E-state index is -0.627. The van der Waals surface area contributed by atoms with Crippen molar-refractivity contribution in [3.05, 3.63) is 42.6 Å². The minimum absolute atomic E-state index is 0.0975. The average molecular weight is 302 g/mol. The van der Waals surface area contributed by atoms with Gasteiger partial charge in [0.15, 0.2) is 5.54 Å². The van der Waals surface area contributed by atoms with Crippen LogP contribution < -0.4 is 0 Å². The van der Waals surface area contributed by atoms with E-state index in [1.807, 2.05) is 29.1 Å². The number of furan rings is 1. The molecule has 0 N–H and O–H groups in total. The lowest BCUT2D eigenvalue weighted by Gasteiger charge is -2.42. The van der Waals surface area contributed by atoms with Crippen molar-refractivity contribution in [2.75, 3.05) is 27.2 Å². The fourth-order valence-electron chi connectivity index (χ4n) is 3.28. The summed E-state index contributed by atoms with van der Waals surface area (Å²) in [6, 6.07) is 5.74. The van der Waals surface area contributed by atoms with E-state index in [9.17, 15) is 4.79 Å². The molecule has 1 aliphatic rings. The van der Waals surface area contributed by atoms with Gasteiger partial charge in [-0.15, -0.1) is 0 Å². The predicted molar refractivity (Wildman–Crippen MR) is 82.1 cm³/mol. The number of carbonyl (C=O) groups excluding carboxylic acids is 1. The topological polar surface area (TPSA) is 54.5 Å². The molecule has 0 radical (unpaired) electrons. The number of hydrogen-bond acceptors (Lipinski definition) is 4. The number of nitrogens with zero attached hydrogens (tertiary/aromatic N) is 4. The molecule has 1 amide bonds. The van der Waals surface area contributed by atoms with Crippen LogP contribution in [0.2, 0.25) is 0 Å². The van der Waals surface area contributed by atoms with Crippen molar-refractivity contribution >= 4 is 5.91 Å². The Balaban J connectivity index is 1.87. The van der Waals surface area contributed by atoms with Crippen molar-refractivity contribution in [1.82, 2.24) is 19.6 Å². The summed E-state index contributed by atoms with van der Waals surface area (Å²) < 4.78 is 7.27. The van der Waals surface area contributed by atoms with Crippen molar-refractivity contribution in [2.24, 2.45) is 0 Å². The minimum Gasteiger partial charge on any atom is -0.468 e. The van der Waals surface area contributed by atoms with E-state index in [1.54, 1.807) is 31.5 Å². The number of likely N-dealkylation sites (N-methyl/N-ethyl adjacent to an activating group) is 1. The zero-order chi connectivity index (χ0) is 15.6. The summed E-state index contributed by atoms with van der Waals surface area (Å²) >= 11 is 0. The van der Waals surface area contributed by atoms with Crippen LogP contribution in [-0.2, 0) is 16.9 Å². The molecule has 1 fully saturated rings. The number of piperidine rings is 1. The van der Waals surface area contributed by atoms with Crippen LogP contribution in [-0.4, -0.2) is 52.7 Å². The highest BCUT2D eigenvalue weighted by molar-refractivity contribution is 5.84. The van der Waals surface area contributed by atoms with E-state index in [0.29, 0.717) is 6.54 Å². The summed E-state index contributed by atoms with van der Waals surface area (Å²) in [5, 5.41) is 4.37. The van der Waals surface area contributed by atoms with Gasteiger partial charge < -0.3 is 9.32 Å². The van der Waals surface area contributed by atoms with Crippen LogP contribution in [0.3, 0.4) is 0 Å². The van der Waals surface area contributed by atoms with Crippen molar-refractivity contribution in [3.8, 4) is 0 Å². The van der Waals surface area contributed by atoms with Gasteiger partial charge in [-0.25, -0.2) is 0 Å². The monoisotopic (exact) mass is 302 g/mol. The Hall–Kier alpha value is -2.08. The van der Waals surface area contributed by atoms with Crippen LogP contribution in [0.5, 0.6) is 0 Å². The van der Waals surface area contributed by atoms with Crippen LogP contribution in [0.4, 0.5) is 0 Å². The Morgan fingerprint density at radius 2 is 2.32 bits per heavy atom. The Kier molecular flexibility index (Phi) is 4.02. The third kappa shape index (κ3) is 2.66. The van der Waals surface area contributed by atoms with Crippen LogP contribution in [0.25, 0.3) is 0 Å². The molecule has 1 saturated heterocycles. The zero-order valence-electron chi connectivity index (χ0n) is 13.1. The fourth-order valence-corrected chi connectivity index (χ4v) is 3.28. The molecule has 3 rings (SSSR count). The summed E-state index contributed by atoms with van der Waals surface area (Å²) in [7, 11) is 3.61. The van der Waals surface area contributed by atoms with Gasteiger partial charge in [-0.1, -0.05) is 0 Å². The second kappa shape index (κ2) is 5.96. The van der Waals surface area contributed by atoms with Crippen molar-refractivity contribution in [1.29, 1.82) is 0 Å². The maximum Gasteiger partial charge on any atom is 0.251 e. The van der Waals surface area contributed by atoms with Crippen molar-refractivity contribution in [3.63, 3.8) is 0 Å². The fraction of sp³-hybridized carbons (Fsp3) is 0.500. The first kappa shape index (κ1) is 14.8. The number of rotatable bonds is 4. The van der Waals surface area contributed by atoms with Crippen LogP contribution in [0.1, 0.15) is 18.6 Å². The third-order valence-corrected chi connectivity index (χ3v) is 4.26. The van der Waals surface area contributed by atoms with Gasteiger partial charge in [0.05, 0.1) is 12.8 Å². The summed E-state index contributed by atoms with van der Waals surface area (Å²) in [4.78, 5) is 16.8. The molecule has 0 aliphatic carbocycles. The maximum atomic E-state index is 12.9. The van der Waals surface area contributed by atoms with Crippen molar-refractivity contribution in [2.45, 2.75) is 24.9 Å². The molecule has 1 aliphatic heterocycles. The Bertz CT molecular complexity index is 606. The second-order valence-corrected chi connectivity index (χ2v) is 6.08. The van der Waals surface area contributed by atoms with Crippen LogP contribution in [0.15, 0.2) is 41.3 Å². The van der Waals surface area contributed by atoms with Gasteiger partial charge in [0.2, 0.25) is 0 Å². The van der Waals surface area contributed by atoms with E-state index in [1.165, 1.54) is 0 Å². The second-order valence-electron chi connectivity index (χ2n) is 6.08. The molecule has 0 bridgehead atoms. The van der Waals surface area contributed by atoms with E-state index < -0.39 is 5.54 Å². The molecule has 118 valence electrons. The number of likely N-dealkylation sites (tertiary alicyclic amines) is 1. The van der Waals surface area contributed by atoms with E-state index in [2.05, 4.69) is 10.00 Å². The first-order chi connectivity index (χ1) is 10.6. The van der Waals surface area contributed by atoms with E-state index in [0.717, 1.165) is 31.7 Å². The summed E-state index contributed by atoms with van der Waals surface area (Å²) in [6.45, 7) is 2.33. The predicted octanol–water partition coefficient (Wildman–Crippen LogP) is 1.56. The van der Waals surface area contributed by atoms with E-state index in [-0.39, 0.29) is 5.91 Å². The summed E-state index contributed by atoms with van der Waals surface area (Å²) in [5.41, 5.74) is -0.627. The highest BCUT2D eigenvalue weighted by atomic mass is 16.3. The lowest BCUT2D eigenvalue weighted by molar-refractivity contribution is -0.142. The highest BCUT2D eigenvalue weighted by Crippen LogP contribution is 2.31. The largest absolute Gasteiger partial charge is 0.468 e. The molecule has 0 spiro atoms. The smallest absolute Gasteiger partial charge is 0.251 e. The average Bonchev–Trinajstić information content (AvgIpc) is 3.19. The normalized spacial score (nSPS) is 22.6. The molecular weight excluding hydrogens is 280 g/mol. The first-order valence-corrected chi connectivity index (χ1v) is 7.58. The number of carbonyl (C=O) groups is 1. The summed E-state index contributed by atoms with van der Waals surface area (Å²) in [6.07, 6.45) is 7.07. The third-order valence-electron chi connectivity index (χ3n) is 4.26. The molecule has 2 aromatic rings. The molecule has 1 unspecified atom stereocenters. The molecule has 3 heterocycles. The standard InChI is InChI=1S/C16H22N4O2/c1-18(2)15(21)16(20-10-5-8-17-20)7-4-9-19(13-16)12-14-6-3-11-22-14/h3,5-6,8,10-11H,4,7,9,12-13H2,1-2H3. The number of aromatic nitrogens is 2. The number of amides is 1. The molecule has 2 aromatic heterocycles. The van der Waals surface area contributed by atoms with Crippen molar-refractivity contribution < 1.29 is 9.21 Å². The molecule has 0 saturated carbocycles. The molecule has 1 atom stereocenters. The molecule has 6 nitrogen and oxygen atoms in total. The Labute approximate surface area is 130 Å². The first-order valence-electron chi connectivity index (χ1n) is 7.58. The van der Waals surface area contributed by atoms with Gasteiger partial charge in [0.25, 0.3) is 5.91 Å². The van der Waals surface area contributed by atoms with Gasteiger partial charge in [-0.3, -0.25) is 14.4 Å². The van der Waals surface area contributed by atoms with E-state index >= 15 is 0 Å². The van der Waals surface area contributed by atoms with E-state index in [4.69, 9.17) is 4.42 Å². The molecule has 22 heavy (non-hydrogen) atoms. The van der Waals surface area contributed by atoms with Gasteiger partial charge in [-0.05, 0) is 37.6 Å². The Morgan fingerprint density at radius 3 is 2.95 bits per heavy atom.